The van der Waals surface area contributed by atoms with Crippen molar-refractivity contribution in [3.63, 3.8) is 0 Å². The normalized spacial score (nSPS) is 23.0. The molecule has 1 aromatic carbocycles. The Labute approximate surface area is 128 Å². The van der Waals surface area contributed by atoms with Gasteiger partial charge in [-0.3, -0.25) is 4.79 Å². The lowest BCUT2D eigenvalue weighted by Crippen LogP contribution is -2.42. The van der Waals surface area contributed by atoms with Crippen LogP contribution in [-0.2, 0) is 0 Å². The van der Waals surface area contributed by atoms with Gasteiger partial charge < -0.3 is 10.2 Å². The fourth-order valence-electron chi connectivity index (χ4n) is 3.38. The maximum atomic E-state index is 12.3. The van der Waals surface area contributed by atoms with Crippen molar-refractivity contribution in [2.24, 2.45) is 11.8 Å². The number of amides is 1. The molecule has 0 radical (unpaired) electrons. The zero-order chi connectivity index (χ0) is 15.4. The topological polar surface area (TPSA) is 32.3 Å². The number of carbonyl (C=O) groups is 1. The molecule has 1 heterocycles. The molecule has 0 bridgehead atoms. The second kappa shape index (κ2) is 7.08. The fraction of sp³-hybridized carbons (Fsp3) is 0.611. The highest BCUT2D eigenvalue weighted by Crippen LogP contribution is 2.20. The third-order valence-electron chi connectivity index (χ3n) is 4.30. The number of likely N-dealkylation sites (tertiary alicyclic amines) is 1. The van der Waals surface area contributed by atoms with Crippen LogP contribution >= 0.6 is 0 Å². The lowest BCUT2D eigenvalue weighted by molar-refractivity contribution is 0.0936. The molecule has 1 fully saturated rings. The van der Waals surface area contributed by atoms with Gasteiger partial charge in [-0.05, 0) is 43.7 Å². The van der Waals surface area contributed by atoms with Crippen LogP contribution < -0.4 is 5.32 Å². The Hall–Kier alpha value is -1.35. The van der Waals surface area contributed by atoms with E-state index in [0.717, 1.165) is 54.7 Å². The summed E-state index contributed by atoms with van der Waals surface area (Å²) in [4.78, 5) is 14.7. The van der Waals surface area contributed by atoms with Gasteiger partial charge in [-0.25, -0.2) is 0 Å². The minimum absolute atomic E-state index is 0.0503. The molecule has 1 saturated heterocycles. The van der Waals surface area contributed by atoms with Crippen LogP contribution in [0.25, 0.3) is 0 Å². The van der Waals surface area contributed by atoms with Gasteiger partial charge in [-0.1, -0.05) is 31.5 Å². The standard InChI is InChI=1S/C18H28N2O/c1-13-5-6-16(4)17(10-13)18(21)19-7-8-20-11-14(2)9-15(3)12-20/h5-6,10,14-15H,7-9,11-12H2,1-4H3,(H,19,21)/t14-,15-/m0/s1. The molecule has 0 aliphatic carbocycles. The summed E-state index contributed by atoms with van der Waals surface area (Å²) in [6.07, 6.45) is 1.32. The number of nitrogens with one attached hydrogen (secondary N) is 1. The third kappa shape index (κ3) is 4.57. The molecule has 1 aliphatic rings. The second-order valence-electron chi connectivity index (χ2n) is 6.78. The lowest BCUT2D eigenvalue weighted by Gasteiger charge is -2.34. The average molecular weight is 288 g/mol. The predicted octanol–water partition coefficient (Wildman–Crippen LogP) is 3.01. The van der Waals surface area contributed by atoms with Crippen LogP contribution in [0.2, 0.25) is 0 Å². The quantitative estimate of drug-likeness (QED) is 0.923. The van der Waals surface area contributed by atoms with Crippen LogP contribution in [0.15, 0.2) is 18.2 Å². The summed E-state index contributed by atoms with van der Waals surface area (Å²) in [5.74, 6) is 1.58. The summed E-state index contributed by atoms with van der Waals surface area (Å²) in [6.45, 7) is 12.6. The second-order valence-corrected chi connectivity index (χ2v) is 6.78. The Morgan fingerprint density at radius 1 is 1.24 bits per heavy atom. The molecule has 2 atom stereocenters. The SMILES string of the molecule is Cc1ccc(C)c(C(=O)NCCN2C[C@@H](C)C[C@H](C)C2)c1. The van der Waals surface area contributed by atoms with Crippen molar-refractivity contribution in [2.75, 3.05) is 26.2 Å². The van der Waals surface area contributed by atoms with Gasteiger partial charge in [0, 0.05) is 31.7 Å². The molecule has 3 heteroatoms. The first kappa shape index (κ1) is 16.0. The summed E-state index contributed by atoms with van der Waals surface area (Å²) in [6, 6.07) is 6.02. The highest BCUT2D eigenvalue weighted by molar-refractivity contribution is 5.95. The number of hydrogen-bond donors (Lipinski definition) is 1. The van der Waals surface area contributed by atoms with Gasteiger partial charge in [0.15, 0.2) is 0 Å². The molecule has 21 heavy (non-hydrogen) atoms. The number of carbonyl (C=O) groups excluding carboxylic acids is 1. The van der Waals surface area contributed by atoms with E-state index in [1.807, 2.05) is 32.0 Å². The molecule has 0 aromatic heterocycles. The number of benzene rings is 1. The van der Waals surface area contributed by atoms with Crippen molar-refractivity contribution in [3.8, 4) is 0 Å². The molecule has 2 rings (SSSR count). The zero-order valence-corrected chi connectivity index (χ0v) is 13.8. The summed E-state index contributed by atoms with van der Waals surface area (Å²) in [5, 5.41) is 3.06. The van der Waals surface area contributed by atoms with E-state index in [9.17, 15) is 4.79 Å². The summed E-state index contributed by atoms with van der Waals surface area (Å²) < 4.78 is 0. The molecule has 1 N–H and O–H groups in total. The van der Waals surface area contributed by atoms with Gasteiger partial charge in [0.25, 0.3) is 5.91 Å². The van der Waals surface area contributed by atoms with E-state index in [-0.39, 0.29) is 5.91 Å². The predicted molar refractivity (Wildman–Crippen MR) is 87.6 cm³/mol. The number of nitrogens with zero attached hydrogens (tertiary/aromatic N) is 1. The zero-order valence-electron chi connectivity index (χ0n) is 13.8. The Morgan fingerprint density at radius 2 is 1.90 bits per heavy atom. The van der Waals surface area contributed by atoms with Crippen LogP contribution in [0, 0.1) is 25.7 Å². The van der Waals surface area contributed by atoms with E-state index in [1.54, 1.807) is 0 Å². The van der Waals surface area contributed by atoms with Crippen LogP contribution in [-0.4, -0.2) is 37.0 Å². The van der Waals surface area contributed by atoms with Crippen molar-refractivity contribution in [1.29, 1.82) is 0 Å². The van der Waals surface area contributed by atoms with Gasteiger partial charge in [-0.15, -0.1) is 0 Å². The number of rotatable bonds is 4. The Kier molecular flexibility index (Phi) is 5.40. The largest absolute Gasteiger partial charge is 0.351 e. The molecule has 0 saturated carbocycles. The molecule has 0 spiro atoms. The Bertz CT molecular complexity index is 488. The fourth-order valence-corrected chi connectivity index (χ4v) is 3.38. The van der Waals surface area contributed by atoms with Crippen LogP contribution in [0.3, 0.4) is 0 Å². The molecule has 1 amide bonds. The molecule has 1 aliphatic heterocycles. The molecular formula is C18H28N2O. The molecular weight excluding hydrogens is 260 g/mol. The first-order valence-electron chi connectivity index (χ1n) is 8.03. The van der Waals surface area contributed by atoms with Gasteiger partial charge >= 0.3 is 0 Å². The summed E-state index contributed by atoms with van der Waals surface area (Å²) >= 11 is 0. The highest BCUT2D eigenvalue weighted by Gasteiger charge is 2.21. The van der Waals surface area contributed by atoms with Crippen LogP contribution in [0.4, 0.5) is 0 Å². The van der Waals surface area contributed by atoms with Crippen molar-refractivity contribution >= 4 is 5.91 Å². The van der Waals surface area contributed by atoms with Crippen LogP contribution in [0.5, 0.6) is 0 Å². The smallest absolute Gasteiger partial charge is 0.251 e. The Morgan fingerprint density at radius 3 is 2.57 bits per heavy atom. The van der Waals surface area contributed by atoms with E-state index >= 15 is 0 Å². The third-order valence-corrected chi connectivity index (χ3v) is 4.30. The summed E-state index contributed by atoms with van der Waals surface area (Å²) in [7, 11) is 0. The number of aryl methyl sites for hydroxylation is 2. The van der Waals surface area contributed by atoms with Crippen molar-refractivity contribution in [3.05, 3.63) is 34.9 Å². The highest BCUT2D eigenvalue weighted by atomic mass is 16.1. The van der Waals surface area contributed by atoms with E-state index < -0.39 is 0 Å². The monoisotopic (exact) mass is 288 g/mol. The molecule has 116 valence electrons. The average Bonchev–Trinajstić information content (AvgIpc) is 2.40. The lowest BCUT2D eigenvalue weighted by atomic mass is 9.92. The molecule has 0 unspecified atom stereocenters. The van der Waals surface area contributed by atoms with E-state index in [1.165, 1.54) is 6.42 Å². The summed E-state index contributed by atoms with van der Waals surface area (Å²) in [5.41, 5.74) is 2.97. The maximum absolute atomic E-state index is 12.3. The molecule has 1 aromatic rings. The van der Waals surface area contributed by atoms with Gasteiger partial charge in [0.2, 0.25) is 0 Å². The number of hydrogen-bond acceptors (Lipinski definition) is 2. The first-order valence-corrected chi connectivity index (χ1v) is 8.03. The van der Waals surface area contributed by atoms with Crippen molar-refractivity contribution in [2.45, 2.75) is 34.1 Å². The van der Waals surface area contributed by atoms with Crippen molar-refractivity contribution in [1.82, 2.24) is 10.2 Å². The minimum atomic E-state index is 0.0503. The van der Waals surface area contributed by atoms with E-state index in [2.05, 4.69) is 24.1 Å². The van der Waals surface area contributed by atoms with E-state index in [4.69, 9.17) is 0 Å². The molecule has 3 nitrogen and oxygen atoms in total. The van der Waals surface area contributed by atoms with E-state index in [0.29, 0.717) is 0 Å². The van der Waals surface area contributed by atoms with Crippen LogP contribution in [0.1, 0.15) is 41.8 Å². The number of piperidine rings is 1. The van der Waals surface area contributed by atoms with Crippen molar-refractivity contribution < 1.29 is 4.79 Å². The first-order chi connectivity index (χ1) is 9.95. The van der Waals surface area contributed by atoms with Gasteiger partial charge in [-0.2, -0.15) is 0 Å². The minimum Gasteiger partial charge on any atom is -0.351 e. The van der Waals surface area contributed by atoms with Gasteiger partial charge in [0.1, 0.15) is 0 Å². The van der Waals surface area contributed by atoms with Gasteiger partial charge in [0.05, 0.1) is 0 Å². The Balaban J connectivity index is 1.83. The maximum Gasteiger partial charge on any atom is 0.251 e.